The van der Waals surface area contributed by atoms with Gasteiger partial charge in [0.1, 0.15) is 6.42 Å². The van der Waals surface area contributed by atoms with Crippen LogP contribution in [-0.2, 0) is 20.7 Å². The fourth-order valence-corrected chi connectivity index (χ4v) is 2.47. The number of nitrogens with zero attached hydrogens (tertiary/aromatic N) is 2. The first-order chi connectivity index (χ1) is 12.9. The number of rotatable bonds is 7. The predicted octanol–water partition coefficient (Wildman–Crippen LogP) is 2.55. The van der Waals surface area contributed by atoms with Gasteiger partial charge in [0.2, 0.25) is 11.8 Å². The lowest BCUT2D eigenvalue weighted by molar-refractivity contribution is -0.133. The van der Waals surface area contributed by atoms with E-state index in [-0.39, 0.29) is 28.6 Å². The number of benzene rings is 1. The van der Waals surface area contributed by atoms with Crippen molar-refractivity contribution in [2.75, 3.05) is 26.0 Å². The molecule has 142 valence electrons. The molecule has 0 unspecified atom stereocenters. The number of hydrogen-bond donors (Lipinski definition) is 1. The molecule has 27 heavy (non-hydrogen) atoms. The van der Waals surface area contributed by atoms with Crippen molar-refractivity contribution in [2.24, 2.45) is 0 Å². The summed E-state index contributed by atoms with van der Waals surface area (Å²) in [6, 6.07) is 8.13. The highest BCUT2D eigenvalue weighted by atomic mass is 35.5. The van der Waals surface area contributed by atoms with E-state index < -0.39 is 11.9 Å². The maximum Gasteiger partial charge on any atom is 0.337 e. The summed E-state index contributed by atoms with van der Waals surface area (Å²) in [5.74, 6) is -1.38. The first-order valence-corrected chi connectivity index (χ1v) is 8.59. The third-order valence-corrected chi connectivity index (χ3v) is 4.21. The second kappa shape index (κ2) is 9.68. The minimum atomic E-state index is -0.547. The first-order valence-electron chi connectivity index (χ1n) is 8.21. The summed E-state index contributed by atoms with van der Waals surface area (Å²) in [6.45, 7) is 0.481. The first kappa shape index (κ1) is 20.4. The number of pyridine rings is 1. The van der Waals surface area contributed by atoms with Gasteiger partial charge in [-0.2, -0.15) is 0 Å². The Bertz CT molecular complexity index is 827. The molecule has 2 amide bonds. The molecule has 0 saturated heterocycles. The molecule has 0 fully saturated rings. The van der Waals surface area contributed by atoms with Crippen molar-refractivity contribution in [3.8, 4) is 0 Å². The Morgan fingerprint density at radius 2 is 1.89 bits per heavy atom. The van der Waals surface area contributed by atoms with Crippen LogP contribution < -0.4 is 5.32 Å². The van der Waals surface area contributed by atoms with Crippen LogP contribution >= 0.6 is 11.6 Å². The van der Waals surface area contributed by atoms with Crippen LogP contribution in [0.3, 0.4) is 0 Å². The van der Waals surface area contributed by atoms with E-state index in [0.717, 1.165) is 5.56 Å². The molecule has 0 aliphatic carbocycles. The summed E-state index contributed by atoms with van der Waals surface area (Å²) >= 11 is 6.04. The molecule has 0 spiro atoms. The van der Waals surface area contributed by atoms with Crippen molar-refractivity contribution in [2.45, 2.75) is 12.8 Å². The molecule has 7 nitrogen and oxygen atoms in total. The van der Waals surface area contributed by atoms with Crippen molar-refractivity contribution in [1.29, 1.82) is 0 Å². The highest BCUT2D eigenvalue weighted by molar-refractivity contribution is 6.34. The number of likely N-dealkylation sites (N-methyl/N-ethyl adjacent to an activating group) is 1. The van der Waals surface area contributed by atoms with Crippen LogP contribution in [0.2, 0.25) is 5.02 Å². The van der Waals surface area contributed by atoms with Crippen molar-refractivity contribution in [3.63, 3.8) is 0 Å². The fourth-order valence-electron chi connectivity index (χ4n) is 2.30. The molecule has 0 atom stereocenters. The number of aromatic nitrogens is 1. The Morgan fingerprint density at radius 3 is 2.56 bits per heavy atom. The van der Waals surface area contributed by atoms with Gasteiger partial charge in [-0.1, -0.05) is 11.6 Å². The molecule has 2 rings (SSSR count). The Labute approximate surface area is 162 Å². The summed E-state index contributed by atoms with van der Waals surface area (Å²) in [5, 5.41) is 2.81. The fraction of sp³-hybridized carbons (Fsp3) is 0.263. The Balaban J connectivity index is 1.91. The minimum absolute atomic E-state index is 0.247. The van der Waals surface area contributed by atoms with E-state index in [1.54, 1.807) is 19.4 Å². The number of nitrogens with one attached hydrogen (secondary N) is 1. The Hall–Kier alpha value is -2.93. The van der Waals surface area contributed by atoms with Gasteiger partial charge in [-0.05, 0) is 42.3 Å². The maximum atomic E-state index is 12.2. The molecule has 0 aliphatic heterocycles. The lowest BCUT2D eigenvalue weighted by atomic mass is 10.2. The van der Waals surface area contributed by atoms with E-state index in [1.165, 1.54) is 30.2 Å². The number of halogens is 1. The van der Waals surface area contributed by atoms with Gasteiger partial charge >= 0.3 is 5.97 Å². The average molecular weight is 390 g/mol. The van der Waals surface area contributed by atoms with Crippen molar-refractivity contribution < 1.29 is 19.1 Å². The summed E-state index contributed by atoms with van der Waals surface area (Å²) in [5.41, 5.74) is 1.55. The zero-order chi connectivity index (χ0) is 19.8. The summed E-state index contributed by atoms with van der Waals surface area (Å²) in [6.07, 6.45) is 3.72. The number of amides is 2. The van der Waals surface area contributed by atoms with Crippen molar-refractivity contribution in [1.82, 2.24) is 9.88 Å². The topological polar surface area (TPSA) is 88.6 Å². The van der Waals surface area contributed by atoms with Gasteiger partial charge in [0.25, 0.3) is 0 Å². The van der Waals surface area contributed by atoms with Crippen molar-refractivity contribution in [3.05, 3.63) is 58.9 Å². The number of hydrogen-bond acceptors (Lipinski definition) is 5. The third kappa shape index (κ3) is 6.07. The molecule has 0 radical (unpaired) electrons. The largest absolute Gasteiger partial charge is 0.465 e. The van der Waals surface area contributed by atoms with E-state index >= 15 is 0 Å². The molecule has 1 heterocycles. The van der Waals surface area contributed by atoms with Gasteiger partial charge in [0.15, 0.2) is 0 Å². The van der Waals surface area contributed by atoms with Gasteiger partial charge in [-0.3, -0.25) is 14.6 Å². The van der Waals surface area contributed by atoms with Gasteiger partial charge in [0, 0.05) is 26.0 Å². The van der Waals surface area contributed by atoms with E-state index in [2.05, 4.69) is 15.0 Å². The molecule has 0 aliphatic rings. The van der Waals surface area contributed by atoms with Gasteiger partial charge < -0.3 is 15.0 Å². The number of carbonyl (C=O) groups is 3. The molecule has 2 aromatic rings. The maximum absolute atomic E-state index is 12.2. The van der Waals surface area contributed by atoms with E-state index in [0.29, 0.717) is 13.0 Å². The summed E-state index contributed by atoms with van der Waals surface area (Å²) in [4.78, 5) is 41.4. The highest BCUT2D eigenvalue weighted by Crippen LogP contribution is 2.23. The van der Waals surface area contributed by atoms with Crippen LogP contribution in [0.25, 0.3) is 0 Å². The lowest BCUT2D eigenvalue weighted by Crippen LogP contribution is -2.32. The van der Waals surface area contributed by atoms with Gasteiger partial charge in [0.05, 0.1) is 23.4 Å². The summed E-state index contributed by atoms with van der Waals surface area (Å²) < 4.78 is 4.64. The number of methoxy groups -OCH3 is 1. The molecule has 0 saturated carbocycles. The zero-order valence-corrected chi connectivity index (χ0v) is 15.8. The average Bonchev–Trinajstić information content (AvgIpc) is 2.67. The van der Waals surface area contributed by atoms with E-state index in [4.69, 9.17) is 11.6 Å². The normalized spacial score (nSPS) is 10.2. The Kier molecular flexibility index (Phi) is 7.31. The zero-order valence-electron chi connectivity index (χ0n) is 15.1. The minimum Gasteiger partial charge on any atom is -0.465 e. The second-order valence-electron chi connectivity index (χ2n) is 5.83. The quantitative estimate of drug-likeness (QED) is 0.580. The monoisotopic (exact) mass is 389 g/mol. The van der Waals surface area contributed by atoms with Gasteiger partial charge in [-0.25, -0.2) is 4.79 Å². The lowest BCUT2D eigenvalue weighted by Gasteiger charge is -2.17. The summed E-state index contributed by atoms with van der Waals surface area (Å²) in [7, 11) is 2.90. The van der Waals surface area contributed by atoms with E-state index in [1.807, 2.05) is 12.1 Å². The standard InChI is InChI=1S/C19H20ClN3O4/c1-23(10-7-13-5-8-21-9-6-13)18(25)12-17(24)22-16-11-14(19(26)27-2)3-4-15(16)20/h3-6,8-9,11H,7,10,12H2,1-2H3,(H,22,24). The van der Waals surface area contributed by atoms with Crippen LogP contribution in [0.15, 0.2) is 42.7 Å². The van der Waals surface area contributed by atoms with Gasteiger partial charge in [-0.15, -0.1) is 0 Å². The molecule has 1 aromatic heterocycles. The SMILES string of the molecule is COC(=O)c1ccc(Cl)c(NC(=O)CC(=O)N(C)CCc2ccncc2)c1. The van der Waals surface area contributed by atoms with Crippen molar-refractivity contribution >= 4 is 35.1 Å². The van der Waals surface area contributed by atoms with Crippen LogP contribution in [0.4, 0.5) is 5.69 Å². The molecular formula is C19H20ClN3O4. The molecular weight excluding hydrogens is 370 g/mol. The van der Waals surface area contributed by atoms with E-state index in [9.17, 15) is 14.4 Å². The smallest absolute Gasteiger partial charge is 0.337 e. The number of carbonyl (C=O) groups excluding carboxylic acids is 3. The number of esters is 1. The highest BCUT2D eigenvalue weighted by Gasteiger charge is 2.16. The molecule has 1 N–H and O–H groups in total. The predicted molar refractivity (Wildman–Crippen MR) is 102 cm³/mol. The Morgan fingerprint density at radius 1 is 1.19 bits per heavy atom. The van der Waals surface area contributed by atoms with Crippen LogP contribution in [-0.4, -0.2) is 48.4 Å². The third-order valence-electron chi connectivity index (χ3n) is 3.88. The second-order valence-corrected chi connectivity index (χ2v) is 6.24. The molecule has 1 aromatic carbocycles. The van der Waals surface area contributed by atoms with Crippen LogP contribution in [0.5, 0.6) is 0 Å². The number of ether oxygens (including phenoxy) is 1. The van der Waals surface area contributed by atoms with Crippen LogP contribution in [0, 0.1) is 0 Å². The number of anilines is 1. The van der Waals surface area contributed by atoms with Crippen LogP contribution in [0.1, 0.15) is 22.3 Å². The molecule has 0 bridgehead atoms. The molecule has 8 heteroatoms.